The lowest BCUT2D eigenvalue weighted by Crippen LogP contribution is -2.26. The fraction of sp³-hybridized carbons (Fsp3) is 0.857. The summed E-state index contributed by atoms with van der Waals surface area (Å²) in [5, 5.41) is 0. The van der Waals surface area contributed by atoms with Crippen LogP contribution in [0.3, 0.4) is 0 Å². The molecule has 0 aromatic rings. The fourth-order valence-corrected chi connectivity index (χ4v) is 1.28. The molecule has 0 amide bonds. The van der Waals surface area contributed by atoms with Crippen LogP contribution in [-0.4, -0.2) is 12.3 Å². The van der Waals surface area contributed by atoms with Gasteiger partial charge < -0.3 is 10.5 Å². The molecule has 1 fully saturated rings. The second kappa shape index (κ2) is 2.97. The van der Waals surface area contributed by atoms with Crippen LogP contribution in [0.4, 0.5) is 0 Å². The summed E-state index contributed by atoms with van der Waals surface area (Å²) in [4.78, 5) is 10.2. The molecule has 0 aliphatic heterocycles. The van der Waals surface area contributed by atoms with Gasteiger partial charge in [0.1, 0.15) is 6.29 Å². The molecule has 0 bridgehead atoms. The standard InChI is InChI=1S/C7H13NO/c8-7-3-1-6(5-9)2-4-7/h5-7H,1-4,8H2/t6-,7+. The highest BCUT2D eigenvalue weighted by molar-refractivity contribution is 5.53. The van der Waals surface area contributed by atoms with Gasteiger partial charge in [-0.15, -0.1) is 0 Å². The first kappa shape index (κ1) is 6.75. The molecular weight excluding hydrogens is 114 g/mol. The Bertz CT molecular complexity index is 95.1. The van der Waals surface area contributed by atoms with E-state index in [0.717, 1.165) is 32.0 Å². The molecule has 1 aliphatic carbocycles. The zero-order valence-corrected chi connectivity index (χ0v) is 5.55. The third kappa shape index (κ3) is 1.79. The molecule has 0 saturated heterocycles. The highest BCUT2D eigenvalue weighted by atomic mass is 16.1. The predicted molar refractivity (Wildman–Crippen MR) is 36.0 cm³/mol. The van der Waals surface area contributed by atoms with Crippen molar-refractivity contribution in [3.63, 3.8) is 0 Å². The van der Waals surface area contributed by atoms with Crippen molar-refractivity contribution in [3.8, 4) is 0 Å². The van der Waals surface area contributed by atoms with Crippen molar-refractivity contribution in [2.75, 3.05) is 0 Å². The molecule has 2 nitrogen and oxygen atoms in total. The van der Waals surface area contributed by atoms with Gasteiger partial charge in [0.2, 0.25) is 0 Å². The maximum atomic E-state index is 10.2. The van der Waals surface area contributed by atoms with Crippen LogP contribution in [-0.2, 0) is 4.79 Å². The molecule has 0 unspecified atom stereocenters. The highest BCUT2D eigenvalue weighted by Gasteiger charge is 2.16. The van der Waals surface area contributed by atoms with Crippen molar-refractivity contribution in [3.05, 3.63) is 0 Å². The van der Waals surface area contributed by atoms with E-state index in [1.165, 1.54) is 0 Å². The average Bonchev–Trinajstić information content (AvgIpc) is 1.90. The number of nitrogens with two attached hydrogens (primary N) is 1. The number of aldehydes is 1. The van der Waals surface area contributed by atoms with Gasteiger partial charge in [0, 0.05) is 12.0 Å². The van der Waals surface area contributed by atoms with E-state index >= 15 is 0 Å². The smallest absolute Gasteiger partial charge is 0.123 e. The van der Waals surface area contributed by atoms with Gasteiger partial charge in [0.15, 0.2) is 0 Å². The molecule has 1 saturated carbocycles. The van der Waals surface area contributed by atoms with Crippen LogP contribution < -0.4 is 5.73 Å². The maximum Gasteiger partial charge on any atom is 0.123 e. The Kier molecular flexibility index (Phi) is 2.22. The summed E-state index contributed by atoms with van der Waals surface area (Å²) >= 11 is 0. The van der Waals surface area contributed by atoms with Crippen LogP contribution in [0.5, 0.6) is 0 Å². The number of hydrogen-bond acceptors (Lipinski definition) is 2. The lowest BCUT2D eigenvalue weighted by molar-refractivity contribution is -0.111. The molecule has 1 rings (SSSR count). The van der Waals surface area contributed by atoms with Gasteiger partial charge in [-0.05, 0) is 25.7 Å². The highest BCUT2D eigenvalue weighted by Crippen LogP contribution is 2.20. The molecule has 2 N–H and O–H groups in total. The predicted octanol–water partition coefficient (Wildman–Crippen LogP) is 0.703. The summed E-state index contributed by atoms with van der Waals surface area (Å²) in [5.41, 5.74) is 5.64. The molecule has 0 heterocycles. The van der Waals surface area contributed by atoms with E-state index in [2.05, 4.69) is 0 Å². The van der Waals surface area contributed by atoms with E-state index in [0.29, 0.717) is 12.0 Å². The molecule has 1 aliphatic rings. The van der Waals surface area contributed by atoms with Gasteiger partial charge in [-0.1, -0.05) is 0 Å². The average molecular weight is 127 g/mol. The summed E-state index contributed by atoms with van der Waals surface area (Å²) in [6, 6.07) is 0.362. The van der Waals surface area contributed by atoms with Crippen LogP contribution in [0.25, 0.3) is 0 Å². The zero-order valence-electron chi connectivity index (χ0n) is 5.55. The van der Waals surface area contributed by atoms with E-state index < -0.39 is 0 Å². The Morgan fingerprint density at radius 2 is 1.78 bits per heavy atom. The molecule has 0 aromatic heterocycles. The first-order chi connectivity index (χ1) is 4.33. The largest absolute Gasteiger partial charge is 0.328 e. The van der Waals surface area contributed by atoms with E-state index in [-0.39, 0.29) is 0 Å². The molecule has 2 heteroatoms. The van der Waals surface area contributed by atoms with Gasteiger partial charge in [-0.2, -0.15) is 0 Å². The van der Waals surface area contributed by atoms with Crippen molar-refractivity contribution < 1.29 is 4.79 Å². The monoisotopic (exact) mass is 127 g/mol. The third-order valence-electron chi connectivity index (χ3n) is 2.01. The van der Waals surface area contributed by atoms with Crippen molar-refractivity contribution in [2.45, 2.75) is 31.7 Å². The first-order valence-corrected chi connectivity index (χ1v) is 3.54. The van der Waals surface area contributed by atoms with Crippen LogP contribution >= 0.6 is 0 Å². The van der Waals surface area contributed by atoms with Crippen LogP contribution in [0.15, 0.2) is 0 Å². The maximum absolute atomic E-state index is 10.2. The lowest BCUT2D eigenvalue weighted by atomic mass is 9.88. The van der Waals surface area contributed by atoms with Gasteiger partial charge in [-0.25, -0.2) is 0 Å². The zero-order chi connectivity index (χ0) is 6.69. The first-order valence-electron chi connectivity index (χ1n) is 3.54. The second-order valence-corrected chi connectivity index (χ2v) is 2.81. The lowest BCUT2D eigenvalue weighted by Gasteiger charge is -2.21. The molecule has 0 spiro atoms. The van der Waals surface area contributed by atoms with Crippen molar-refractivity contribution >= 4 is 6.29 Å². The van der Waals surface area contributed by atoms with Crippen LogP contribution in [0, 0.1) is 5.92 Å². The Hall–Kier alpha value is -0.370. The summed E-state index contributed by atoms with van der Waals surface area (Å²) in [6.07, 6.45) is 5.13. The number of rotatable bonds is 1. The van der Waals surface area contributed by atoms with Gasteiger partial charge in [-0.3, -0.25) is 0 Å². The minimum atomic E-state index is 0.310. The van der Waals surface area contributed by atoms with Crippen LogP contribution in [0.2, 0.25) is 0 Å². The molecule has 0 aromatic carbocycles. The van der Waals surface area contributed by atoms with Crippen molar-refractivity contribution in [2.24, 2.45) is 11.7 Å². The summed E-state index contributed by atoms with van der Waals surface area (Å²) in [7, 11) is 0. The topological polar surface area (TPSA) is 43.1 Å². The van der Waals surface area contributed by atoms with E-state index in [1.54, 1.807) is 0 Å². The number of carbonyl (C=O) groups is 1. The number of hydrogen-bond donors (Lipinski definition) is 1. The number of carbonyl (C=O) groups excluding carboxylic acids is 1. The van der Waals surface area contributed by atoms with E-state index in [1.807, 2.05) is 0 Å². The second-order valence-electron chi connectivity index (χ2n) is 2.81. The van der Waals surface area contributed by atoms with Gasteiger partial charge >= 0.3 is 0 Å². The summed E-state index contributed by atoms with van der Waals surface area (Å²) in [6.45, 7) is 0. The normalized spacial score (nSPS) is 36.1. The quantitative estimate of drug-likeness (QED) is 0.527. The summed E-state index contributed by atoms with van der Waals surface area (Å²) < 4.78 is 0. The SMILES string of the molecule is N[C@H]1CC[C@@H](C=O)CC1. The Morgan fingerprint density at radius 1 is 1.22 bits per heavy atom. The van der Waals surface area contributed by atoms with E-state index in [4.69, 9.17) is 5.73 Å². The minimum Gasteiger partial charge on any atom is -0.328 e. The fourth-order valence-electron chi connectivity index (χ4n) is 1.28. The minimum absolute atomic E-state index is 0.310. The van der Waals surface area contributed by atoms with Crippen LogP contribution in [0.1, 0.15) is 25.7 Å². The summed E-state index contributed by atoms with van der Waals surface area (Å²) in [5.74, 6) is 0.310. The van der Waals surface area contributed by atoms with E-state index in [9.17, 15) is 4.79 Å². The molecule has 0 atom stereocenters. The Balaban J connectivity index is 2.26. The Morgan fingerprint density at radius 3 is 2.22 bits per heavy atom. The molecular formula is C7H13NO. The molecule has 0 radical (unpaired) electrons. The Labute approximate surface area is 55.4 Å². The third-order valence-corrected chi connectivity index (χ3v) is 2.01. The van der Waals surface area contributed by atoms with Gasteiger partial charge in [0.05, 0.1) is 0 Å². The van der Waals surface area contributed by atoms with Crippen molar-refractivity contribution in [1.82, 2.24) is 0 Å². The van der Waals surface area contributed by atoms with Crippen molar-refractivity contribution in [1.29, 1.82) is 0 Å². The molecule has 52 valence electrons. The van der Waals surface area contributed by atoms with Gasteiger partial charge in [0.25, 0.3) is 0 Å². The molecule has 9 heavy (non-hydrogen) atoms.